The van der Waals surface area contributed by atoms with Gasteiger partial charge in [0.05, 0.1) is 28.7 Å². The molecule has 1 spiro atoms. The molecule has 0 saturated carbocycles. The largest absolute Gasteiger partial charge is 0.616 e. The number of alkyl halides is 3. The number of nitrogens with one attached hydrogen (secondary N) is 2. The zero-order chi connectivity index (χ0) is 20.8. The van der Waals surface area contributed by atoms with Gasteiger partial charge in [0.2, 0.25) is 0 Å². The Balaban J connectivity index is 1.60. The van der Waals surface area contributed by atoms with Crippen molar-refractivity contribution in [1.29, 1.82) is 5.41 Å². The molecule has 2 saturated heterocycles. The molecule has 2 aromatic rings. The van der Waals surface area contributed by atoms with Crippen molar-refractivity contribution in [3.05, 3.63) is 40.0 Å². The topological polar surface area (TPSA) is 81.1 Å². The van der Waals surface area contributed by atoms with E-state index in [1.807, 2.05) is 0 Å². The molecular formula is C18H17ClF3N3O2S2. The van der Waals surface area contributed by atoms with Gasteiger partial charge in [-0.3, -0.25) is 10.4 Å². The number of thiophene rings is 1. The molecule has 2 N–H and O–H groups in total. The summed E-state index contributed by atoms with van der Waals surface area (Å²) in [5.41, 5.74) is -0.521. The molecule has 4 rings (SSSR count). The number of halogens is 4. The molecule has 0 aliphatic carbocycles. The van der Waals surface area contributed by atoms with E-state index in [2.05, 4.69) is 10.3 Å². The fraction of sp³-hybridized carbons (Fsp3) is 0.444. The summed E-state index contributed by atoms with van der Waals surface area (Å²) < 4.78 is 56.6. The molecule has 0 radical (unpaired) electrons. The Morgan fingerprint density at radius 2 is 2.03 bits per heavy atom. The lowest BCUT2D eigenvalue weighted by Crippen LogP contribution is -2.61. The Morgan fingerprint density at radius 1 is 1.31 bits per heavy atom. The molecule has 0 amide bonds. The van der Waals surface area contributed by atoms with Crippen LogP contribution in [0.3, 0.4) is 0 Å². The molecule has 11 heteroatoms. The van der Waals surface area contributed by atoms with Gasteiger partial charge in [0, 0.05) is 35.7 Å². The maximum absolute atomic E-state index is 13.0. The molecule has 2 aliphatic heterocycles. The summed E-state index contributed by atoms with van der Waals surface area (Å²) in [6.45, 7) is 0.930. The zero-order valence-corrected chi connectivity index (χ0v) is 17.4. The van der Waals surface area contributed by atoms with Gasteiger partial charge < -0.3 is 14.6 Å². The van der Waals surface area contributed by atoms with E-state index < -0.39 is 33.7 Å². The molecule has 2 aliphatic rings. The summed E-state index contributed by atoms with van der Waals surface area (Å²) in [6.07, 6.45) is -1.30. The van der Waals surface area contributed by atoms with E-state index in [0.717, 1.165) is 12.3 Å². The lowest BCUT2D eigenvalue weighted by molar-refractivity contribution is -0.137. The van der Waals surface area contributed by atoms with E-state index >= 15 is 0 Å². The molecule has 2 aromatic heterocycles. The van der Waals surface area contributed by atoms with E-state index in [1.54, 1.807) is 6.07 Å². The van der Waals surface area contributed by atoms with Gasteiger partial charge in [0.25, 0.3) is 0 Å². The van der Waals surface area contributed by atoms with Crippen molar-refractivity contribution < 1.29 is 22.5 Å². The number of ether oxygens (including phenoxy) is 1. The zero-order valence-electron chi connectivity index (χ0n) is 15.0. The van der Waals surface area contributed by atoms with Crippen molar-refractivity contribution in [2.24, 2.45) is 0 Å². The number of hydrogen-bond donors (Lipinski definition) is 2. The highest BCUT2D eigenvalue weighted by atomic mass is 35.5. The van der Waals surface area contributed by atoms with Gasteiger partial charge in [-0.05, 0) is 23.3 Å². The summed E-state index contributed by atoms with van der Waals surface area (Å²) in [5.74, 6) is 0.491. The fourth-order valence-electron chi connectivity index (χ4n) is 3.58. The van der Waals surface area contributed by atoms with Crippen molar-refractivity contribution in [3.8, 4) is 10.4 Å². The highest BCUT2D eigenvalue weighted by molar-refractivity contribution is 7.93. The summed E-state index contributed by atoms with van der Waals surface area (Å²) in [4.78, 5) is 4.88. The van der Waals surface area contributed by atoms with Gasteiger partial charge in [-0.2, -0.15) is 13.2 Å². The smallest absolute Gasteiger partial charge is 0.417 e. The predicted molar refractivity (Wildman–Crippen MR) is 107 cm³/mol. The molecule has 2 fully saturated rings. The van der Waals surface area contributed by atoms with Crippen molar-refractivity contribution in [2.45, 2.75) is 29.8 Å². The van der Waals surface area contributed by atoms with Gasteiger partial charge >= 0.3 is 6.18 Å². The number of amidine groups is 1. The number of nitrogens with zero attached hydrogens (tertiary/aromatic N) is 1. The Bertz CT molecular complexity index is 931. The number of rotatable bonds is 2. The third-order valence-corrected chi connectivity index (χ3v) is 9.05. The quantitative estimate of drug-likeness (QED) is 0.647. The molecule has 0 aromatic carbocycles. The predicted octanol–water partition coefficient (Wildman–Crippen LogP) is 4.40. The number of aromatic nitrogens is 1. The van der Waals surface area contributed by atoms with Crippen molar-refractivity contribution in [2.75, 3.05) is 19.0 Å². The van der Waals surface area contributed by atoms with Gasteiger partial charge in [0.15, 0.2) is 10.6 Å². The van der Waals surface area contributed by atoms with E-state index in [1.165, 1.54) is 17.5 Å². The fourth-order valence-corrected chi connectivity index (χ4v) is 6.98. The van der Waals surface area contributed by atoms with E-state index in [4.69, 9.17) is 21.7 Å². The first kappa shape index (κ1) is 20.9. The molecule has 2 atom stereocenters. The van der Waals surface area contributed by atoms with Crippen LogP contribution in [-0.2, 0) is 22.1 Å². The number of hydrogen-bond acceptors (Lipinski definition) is 5. The van der Waals surface area contributed by atoms with Crippen LogP contribution in [0.15, 0.2) is 24.5 Å². The maximum atomic E-state index is 13.0. The highest BCUT2D eigenvalue weighted by Gasteiger charge is 2.53. The van der Waals surface area contributed by atoms with Crippen LogP contribution in [0.2, 0.25) is 5.02 Å². The van der Waals surface area contributed by atoms with Gasteiger partial charge in [-0.15, -0.1) is 11.3 Å². The second-order valence-electron chi connectivity index (χ2n) is 6.97. The molecular weight excluding hydrogens is 447 g/mol. The van der Waals surface area contributed by atoms with Crippen LogP contribution in [0.4, 0.5) is 13.2 Å². The van der Waals surface area contributed by atoms with Crippen LogP contribution >= 0.6 is 22.9 Å². The van der Waals surface area contributed by atoms with Crippen LogP contribution in [0.1, 0.15) is 29.3 Å². The number of pyridine rings is 1. The molecule has 0 bridgehead atoms. The van der Waals surface area contributed by atoms with Crippen LogP contribution in [0.5, 0.6) is 0 Å². The summed E-state index contributed by atoms with van der Waals surface area (Å²) in [7, 11) is 0. The van der Waals surface area contributed by atoms with Crippen LogP contribution in [-0.4, -0.2) is 39.1 Å². The summed E-state index contributed by atoms with van der Waals surface area (Å²) >= 11 is 6.30. The second-order valence-corrected chi connectivity index (χ2v) is 10.3. The Labute approximate surface area is 177 Å². The normalized spacial score (nSPS) is 24.5. The first-order chi connectivity index (χ1) is 13.7. The SMILES string of the molecule is N=C1NC(c2sc(-c3cncc(C(F)(F)F)c3)cc2Cl)C[S+]([O-])C12CCOCC2. The molecule has 4 heterocycles. The van der Waals surface area contributed by atoms with Crippen LogP contribution in [0.25, 0.3) is 10.4 Å². The Morgan fingerprint density at radius 3 is 2.69 bits per heavy atom. The Kier molecular flexibility index (Phi) is 5.58. The molecule has 5 nitrogen and oxygen atoms in total. The minimum absolute atomic E-state index is 0.210. The van der Waals surface area contributed by atoms with Gasteiger partial charge in [0.1, 0.15) is 11.8 Å². The van der Waals surface area contributed by atoms with Gasteiger partial charge in [-0.1, -0.05) is 11.6 Å². The molecule has 29 heavy (non-hydrogen) atoms. The Hall–Kier alpha value is -1.33. The average Bonchev–Trinajstić information content (AvgIpc) is 3.08. The summed E-state index contributed by atoms with van der Waals surface area (Å²) in [6, 6.07) is 2.19. The van der Waals surface area contributed by atoms with Crippen LogP contribution < -0.4 is 5.32 Å². The van der Waals surface area contributed by atoms with E-state index in [-0.39, 0.29) is 11.6 Å². The average molecular weight is 464 g/mol. The molecule has 156 valence electrons. The minimum Gasteiger partial charge on any atom is -0.616 e. The van der Waals surface area contributed by atoms with Gasteiger partial charge in [-0.25, -0.2) is 0 Å². The monoisotopic (exact) mass is 463 g/mol. The third kappa shape index (κ3) is 3.88. The standard InChI is InChI=1S/C18H17ClF3N3O2S2/c19-12-6-14(10-5-11(8-24-7-10)18(20,21)22)28-15(12)13-9-29(26)17(16(23)25-13)1-3-27-4-2-17/h5-8,13H,1-4,9H2,(H2,23,25). The van der Waals surface area contributed by atoms with Crippen molar-refractivity contribution in [3.63, 3.8) is 0 Å². The first-order valence-corrected chi connectivity index (χ1v) is 11.4. The lowest BCUT2D eigenvalue weighted by Gasteiger charge is -2.44. The second kappa shape index (κ2) is 7.73. The van der Waals surface area contributed by atoms with E-state index in [0.29, 0.717) is 46.4 Å². The van der Waals surface area contributed by atoms with E-state index in [9.17, 15) is 17.7 Å². The highest BCUT2D eigenvalue weighted by Crippen LogP contribution is 2.43. The van der Waals surface area contributed by atoms with Crippen LogP contribution in [0, 0.1) is 5.41 Å². The third-order valence-electron chi connectivity index (χ3n) is 5.21. The van der Waals surface area contributed by atoms with Crippen molar-refractivity contribution >= 4 is 39.9 Å². The first-order valence-electron chi connectivity index (χ1n) is 8.84. The summed E-state index contributed by atoms with van der Waals surface area (Å²) in [5, 5.41) is 11.9. The maximum Gasteiger partial charge on any atom is 0.417 e. The minimum atomic E-state index is -4.48. The van der Waals surface area contributed by atoms with Crippen molar-refractivity contribution in [1.82, 2.24) is 10.3 Å². The molecule has 2 unspecified atom stereocenters. The lowest BCUT2D eigenvalue weighted by atomic mass is 9.96.